The van der Waals surface area contributed by atoms with Gasteiger partial charge in [0.05, 0.1) is 17.4 Å². The molecular weight excluding hydrogens is 354 g/mol. The number of imidazole rings is 1. The summed E-state index contributed by atoms with van der Waals surface area (Å²) < 4.78 is 8.00. The number of hydrogen-bond donors (Lipinski definition) is 1. The van der Waals surface area contributed by atoms with Gasteiger partial charge >= 0.3 is 0 Å². The van der Waals surface area contributed by atoms with E-state index in [1.54, 1.807) is 18.5 Å². The first-order valence-corrected chi connectivity index (χ1v) is 9.70. The Hall–Kier alpha value is -2.96. The number of nitrogens with zero attached hydrogens (tertiary/aromatic N) is 4. The van der Waals surface area contributed by atoms with Gasteiger partial charge in [0.2, 0.25) is 0 Å². The van der Waals surface area contributed by atoms with Crippen molar-refractivity contribution in [3.05, 3.63) is 47.7 Å². The lowest BCUT2D eigenvalue weighted by molar-refractivity contribution is 0.0894. The lowest BCUT2D eigenvalue weighted by atomic mass is 9.92. The standard InChI is InChI=1S/C21H25N5O2/c1-13-18(5-4-11-22-13)28-16-8-6-15(7-9-16)25-21(27)17-10-12-23-20-19(17)24-14(2)26(20)3/h4-5,10-12,15-16H,6-9H2,1-3H3,(H,25,27). The highest BCUT2D eigenvalue weighted by Crippen LogP contribution is 2.25. The Kier molecular flexibility index (Phi) is 4.98. The number of ether oxygens (including phenoxy) is 1. The molecule has 0 aliphatic heterocycles. The van der Waals surface area contributed by atoms with Crippen molar-refractivity contribution in [2.75, 3.05) is 0 Å². The summed E-state index contributed by atoms with van der Waals surface area (Å²) in [6, 6.07) is 5.74. The van der Waals surface area contributed by atoms with E-state index in [-0.39, 0.29) is 18.1 Å². The fourth-order valence-electron chi connectivity index (χ4n) is 3.73. The summed E-state index contributed by atoms with van der Waals surface area (Å²) in [5.74, 6) is 1.60. The summed E-state index contributed by atoms with van der Waals surface area (Å²) >= 11 is 0. The zero-order chi connectivity index (χ0) is 19.7. The lowest BCUT2D eigenvalue weighted by Gasteiger charge is -2.29. The van der Waals surface area contributed by atoms with Crippen LogP contribution in [-0.4, -0.2) is 37.6 Å². The molecule has 1 aliphatic carbocycles. The maximum absolute atomic E-state index is 12.8. The molecule has 0 bridgehead atoms. The van der Waals surface area contributed by atoms with Crippen molar-refractivity contribution < 1.29 is 9.53 Å². The van der Waals surface area contributed by atoms with Gasteiger partial charge in [-0.2, -0.15) is 0 Å². The third-order valence-electron chi connectivity index (χ3n) is 5.49. The average Bonchev–Trinajstić information content (AvgIpc) is 2.99. The van der Waals surface area contributed by atoms with Gasteiger partial charge in [-0.05, 0) is 57.7 Å². The summed E-state index contributed by atoms with van der Waals surface area (Å²) in [5, 5.41) is 3.17. The molecule has 7 nitrogen and oxygen atoms in total. The van der Waals surface area contributed by atoms with Gasteiger partial charge in [-0.25, -0.2) is 9.97 Å². The van der Waals surface area contributed by atoms with Crippen molar-refractivity contribution in [1.29, 1.82) is 0 Å². The Bertz CT molecular complexity index is 1010. The third kappa shape index (κ3) is 3.56. The quantitative estimate of drug-likeness (QED) is 0.753. The van der Waals surface area contributed by atoms with Crippen LogP contribution < -0.4 is 10.1 Å². The molecule has 3 aromatic rings. The molecule has 0 spiro atoms. The predicted octanol–water partition coefficient (Wildman–Crippen LogP) is 3.10. The second-order valence-corrected chi connectivity index (χ2v) is 7.40. The first-order chi connectivity index (χ1) is 13.5. The van der Waals surface area contributed by atoms with Gasteiger partial charge in [0.1, 0.15) is 17.1 Å². The smallest absolute Gasteiger partial charge is 0.253 e. The average molecular weight is 379 g/mol. The molecule has 7 heteroatoms. The second kappa shape index (κ2) is 7.58. The largest absolute Gasteiger partial charge is 0.489 e. The first kappa shape index (κ1) is 18.4. The number of carbonyl (C=O) groups excluding carboxylic acids is 1. The van der Waals surface area contributed by atoms with E-state index in [1.807, 2.05) is 37.6 Å². The molecule has 1 N–H and O–H groups in total. The predicted molar refractivity (Wildman–Crippen MR) is 106 cm³/mol. The van der Waals surface area contributed by atoms with Gasteiger partial charge in [-0.3, -0.25) is 9.78 Å². The van der Waals surface area contributed by atoms with E-state index >= 15 is 0 Å². The molecule has 3 heterocycles. The summed E-state index contributed by atoms with van der Waals surface area (Å²) in [7, 11) is 1.91. The van der Waals surface area contributed by atoms with Crippen LogP contribution in [0.4, 0.5) is 0 Å². The van der Waals surface area contributed by atoms with Crippen molar-refractivity contribution in [2.45, 2.75) is 51.7 Å². The maximum Gasteiger partial charge on any atom is 0.253 e. The molecule has 1 fully saturated rings. The van der Waals surface area contributed by atoms with Gasteiger partial charge in [0.25, 0.3) is 5.91 Å². The van der Waals surface area contributed by atoms with Crippen LogP contribution in [0.3, 0.4) is 0 Å². The number of rotatable bonds is 4. The minimum Gasteiger partial charge on any atom is -0.489 e. The van der Waals surface area contributed by atoms with Crippen molar-refractivity contribution >= 4 is 17.1 Å². The molecule has 0 unspecified atom stereocenters. The van der Waals surface area contributed by atoms with Crippen LogP contribution in [0.5, 0.6) is 5.75 Å². The van der Waals surface area contributed by atoms with Crippen LogP contribution in [-0.2, 0) is 7.05 Å². The molecule has 1 amide bonds. The highest BCUT2D eigenvalue weighted by atomic mass is 16.5. The highest BCUT2D eigenvalue weighted by Gasteiger charge is 2.25. The number of aryl methyl sites for hydroxylation is 3. The van der Waals surface area contributed by atoms with Crippen LogP contribution in [0, 0.1) is 13.8 Å². The van der Waals surface area contributed by atoms with E-state index in [1.165, 1.54) is 0 Å². The third-order valence-corrected chi connectivity index (χ3v) is 5.49. The minimum atomic E-state index is -0.0852. The molecule has 0 saturated heterocycles. The SMILES string of the molecule is Cc1ncccc1OC1CCC(NC(=O)c2ccnc3c2nc(C)n3C)CC1. The Morgan fingerprint density at radius 3 is 2.68 bits per heavy atom. The summed E-state index contributed by atoms with van der Waals surface area (Å²) in [6.45, 7) is 3.87. The van der Waals surface area contributed by atoms with Gasteiger partial charge < -0.3 is 14.6 Å². The van der Waals surface area contributed by atoms with Crippen molar-refractivity contribution in [3.63, 3.8) is 0 Å². The fraction of sp³-hybridized carbons (Fsp3) is 0.429. The molecule has 146 valence electrons. The fourth-order valence-corrected chi connectivity index (χ4v) is 3.73. The molecular formula is C21H25N5O2. The molecule has 0 radical (unpaired) electrons. The Morgan fingerprint density at radius 1 is 1.14 bits per heavy atom. The van der Waals surface area contributed by atoms with Crippen LogP contribution in [0.2, 0.25) is 0 Å². The number of nitrogens with one attached hydrogen (secondary N) is 1. The van der Waals surface area contributed by atoms with E-state index < -0.39 is 0 Å². The minimum absolute atomic E-state index is 0.0852. The van der Waals surface area contributed by atoms with Crippen LogP contribution in [0.1, 0.15) is 47.6 Å². The van der Waals surface area contributed by atoms with Gasteiger partial charge in [-0.1, -0.05) is 0 Å². The Morgan fingerprint density at radius 2 is 1.93 bits per heavy atom. The zero-order valence-corrected chi connectivity index (χ0v) is 16.5. The molecule has 0 aromatic carbocycles. The van der Waals surface area contributed by atoms with Crippen LogP contribution in [0.25, 0.3) is 11.2 Å². The Labute approximate surface area is 164 Å². The van der Waals surface area contributed by atoms with Crippen molar-refractivity contribution in [1.82, 2.24) is 24.8 Å². The molecule has 28 heavy (non-hydrogen) atoms. The maximum atomic E-state index is 12.8. The monoisotopic (exact) mass is 379 g/mol. The van der Waals surface area contributed by atoms with E-state index in [4.69, 9.17) is 4.74 Å². The van der Waals surface area contributed by atoms with E-state index in [2.05, 4.69) is 20.3 Å². The number of aromatic nitrogens is 4. The zero-order valence-electron chi connectivity index (χ0n) is 16.5. The van der Waals surface area contributed by atoms with Gasteiger partial charge in [-0.15, -0.1) is 0 Å². The first-order valence-electron chi connectivity index (χ1n) is 9.70. The summed E-state index contributed by atoms with van der Waals surface area (Å²) in [6.07, 6.45) is 7.22. The number of pyridine rings is 2. The normalized spacial score (nSPS) is 19.5. The van der Waals surface area contributed by atoms with Crippen LogP contribution in [0.15, 0.2) is 30.6 Å². The molecule has 0 atom stereocenters. The Balaban J connectivity index is 1.38. The van der Waals surface area contributed by atoms with Crippen LogP contribution >= 0.6 is 0 Å². The highest BCUT2D eigenvalue weighted by molar-refractivity contribution is 6.04. The summed E-state index contributed by atoms with van der Waals surface area (Å²) in [5.41, 5.74) is 2.88. The topological polar surface area (TPSA) is 81.9 Å². The van der Waals surface area contributed by atoms with E-state index in [0.717, 1.165) is 48.6 Å². The summed E-state index contributed by atoms with van der Waals surface area (Å²) in [4.78, 5) is 26.0. The second-order valence-electron chi connectivity index (χ2n) is 7.40. The molecule has 3 aromatic heterocycles. The molecule has 1 saturated carbocycles. The van der Waals surface area contributed by atoms with Gasteiger partial charge in [0, 0.05) is 25.5 Å². The molecule has 1 aliphatic rings. The van der Waals surface area contributed by atoms with Crippen molar-refractivity contribution in [2.24, 2.45) is 7.05 Å². The van der Waals surface area contributed by atoms with E-state index in [0.29, 0.717) is 11.1 Å². The molecule has 4 rings (SSSR count). The van der Waals surface area contributed by atoms with E-state index in [9.17, 15) is 4.79 Å². The number of carbonyl (C=O) groups is 1. The number of hydrogen-bond acceptors (Lipinski definition) is 5. The van der Waals surface area contributed by atoms with Gasteiger partial charge in [0.15, 0.2) is 5.65 Å². The number of fused-ring (bicyclic) bond motifs is 1. The number of amides is 1. The van der Waals surface area contributed by atoms with Crippen molar-refractivity contribution in [3.8, 4) is 5.75 Å². The lowest BCUT2D eigenvalue weighted by Crippen LogP contribution is -2.39.